The van der Waals surface area contributed by atoms with Crippen LogP contribution in [0, 0.1) is 0 Å². The molecule has 158 valence electrons. The molecule has 0 radical (unpaired) electrons. The molecular weight excluding hydrogens is 416 g/mol. The molecular formula is C25H27ClO3S. The van der Waals surface area contributed by atoms with Crippen molar-refractivity contribution in [3.63, 3.8) is 0 Å². The van der Waals surface area contributed by atoms with Crippen molar-refractivity contribution in [3.8, 4) is 11.5 Å². The quantitative estimate of drug-likeness (QED) is 0.210. The molecule has 3 aromatic rings. The van der Waals surface area contributed by atoms with Crippen LogP contribution in [0.2, 0.25) is 0 Å². The molecule has 5 heteroatoms. The maximum atomic E-state index is 13.6. The van der Waals surface area contributed by atoms with E-state index in [1.165, 1.54) is 24.1 Å². The van der Waals surface area contributed by atoms with E-state index < -0.39 is 0 Å². The molecule has 4 rings (SSSR count). The molecule has 1 aliphatic rings. The van der Waals surface area contributed by atoms with Gasteiger partial charge in [0.05, 0.1) is 13.7 Å². The van der Waals surface area contributed by atoms with Gasteiger partial charge in [-0.3, -0.25) is 4.79 Å². The number of hydrogen-bond donors (Lipinski definition) is 0. The highest BCUT2D eigenvalue weighted by atomic mass is 35.5. The fourth-order valence-corrected chi connectivity index (χ4v) is 5.71. The van der Waals surface area contributed by atoms with Crippen molar-refractivity contribution in [1.29, 1.82) is 0 Å². The Morgan fingerprint density at radius 1 is 1.07 bits per heavy atom. The standard InChI is InChI=1S/C25H27ClO3S/c1-28-20-12-13-21-22(16-20)30-25(18-6-3-2-4-7-18)23(21)24(27)17-8-10-19(11-9-17)29-15-5-14-26/h8-13,16,18H,2-7,14-15H2,1H3. The van der Waals surface area contributed by atoms with E-state index in [0.717, 1.165) is 46.4 Å². The summed E-state index contributed by atoms with van der Waals surface area (Å²) in [7, 11) is 1.68. The lowest BCUT2D eigenvalue weighted by Crippen LogP contribution is -2.09. The smallest absolute Gasteiger partial charge is 0.194 e. The van der Waals surface area contributed by atoms with Crippen molar-refractivity contribution in [2.24, 2.45) is 0 Å². The van der Waals surface area contributed by atoms with Crippen LogP contribution in [0.3, 0.4) is 0 Å². The van der Waals surface area contributed by atoms with Crippen LogP contribution in [0.1, 0.15) is 65.2 Å². The number of alkyl halides is 1. The fourth-order valence-electron chi connectivity index (χ4n) is 4.20. The van der Waals surface area contributed by atoms with Crippen LogP contribution in [0.4, 0.5) is 0 Å². The van der Waals surface area contributed by atoms with Crippen molar-refractivity contribution in [1.82, 2.24) is 0 Å². The van der Waals surface area contributed by atoms with Gasteiger partial charge >= 0.3 is 0 Å². The van der Waals surface area contributed by atoms with Crippen LogP contribution in [-0.4, -0.2) is 25.4 Å². The lowest BCUT2D eigenvalue weighted by molar-refractivity contribution is 0.103. The van der Waals surface area contributed by atoms with E-state index in [1.807, 2.05) is 36.4 Å². The highest BCUT2D eigenvalue weighted by molar-refractivity contribution is 7.19. The summed E-state index contributed by atoms with van der Waals surface area (Å²) >= 11 is 7.47. The minimum atomic E-state index is 0.0966. The number of fused-ring (bicyclic) bond motifs is 1. The average molecular weight is 443 g/mol. The Bertz CT molecular complexity index is 1000. The molecule has 1 heterocycles. The lowest BCUT2D eigenvalue weighted by Gasteiger charge is -2.21. The molecule has 1 fully saturated rings. The number of methoxy groups -OCH3 is 1. The minimum Gasteiger partial charge on any atom is -0.497 e. The fraction of sp³-hybridized carbons (Fsp3) is 0.400. The van der Waals surface area contributed by atoms with Gasteiger partial charge in [0.2, 0.25) is 0 Å². The first kappa shape index (κ1) is 21.2. The van der Waals surface area contributed by atoms with Gasteiger partial charge in [0.1, 0.15) is 11.5 Å². The first-order valence-corrected chi connectivity index (χ1v) is 12.0. The molecule has 0 spiro atoms. The van der Waals surface area contributed by atoms with Gasteiger partial charge in [-0.15, -0.1) is 22.9 Å². The molecule has 0 atom stereocenters. The highest BCUT2D eigenvalue weighted by Crippen LogP contribution is 2.44. The zero-order valence-corrected chi connectivity index (χ0v) is 18.9. The summed E-state index contributed by atoms with van der Waals surface area (Å²) in [6.45, 7) is 0.583. The number of rotatable bonds is 8. The first-order valence-electron chi connectivity index (χ1n) is 10.6. The van der Waals surface area contributed by atoms with Gasteiger partial charge < -0.3 is 9.47 Å². The van der Waals surface area contributed by atoms with Crippen LogP contribution >= 0.6 is 22.9 Å². The summed E-state index contributed by atoms with van der Waals surface area (Å²) in [6, 6.07) is 13.5. The third-order valence-corrected chi connectivity index (χ3v) is 7.37. The molecule has 2 aromatic carbocycles. The van der Waals surface area contributed by atoms with E-state index in [9.17, 15) is 4.79 Å². The van der Waals surface area contributed by atoms with Crippen LogP contribution in [0.25, 0.3) is 10.1 Å². The summed E-state index contributed by atoms with van der Waals surface area (Å²) in [6.07, 6.45) is 6.91. The van der Waals surface area contributed by atoms with E-state index in [0.29, 0.717) is 24.0 Å². The second-order valence-corrected chi connectivity index (χ2v) is 9.24. The molecule has 0 aliphatic heterocycles. The van der Waals surface area contributed by atoms with Gasteiger partial charge in [-0.05, 0) is 67.6 Å². The van der Waals surface area contributed by atoms with Crippen molar-refractivity contribution >= 4 is 38.8 Å². The summed E-state index contributed by atoms with van der Waals surface area (Å²) < 4.78 is 12.2. The lowest BCUT2D eigenvalue weighted by atomic mass is 9.85. The van der Waals surface area contributed by atoms with Crippen molar-refractivity contribution < 1.29 is 14.3 Å². The van der Waals surface area contributed by atoms with Crippen LogP contribution < -0.4 is 9.47 Å². The number of ketones is 1. The Morgan fingerprint density at radius 3 is 2.50 bits per heavy atom. The zero-order valence-electron chi connectivity index (χ0n) is 17.3. The Labute approximate surface area is 187 Å². The number of carbonyl (C=O) groups excluding carboxylic acids is 1. The second-order valence-electron chi connectivity index (χ2n) is 7.78. The van der Waals surface area contributed by atoms with Crippen molar-refractivity contribution in [2.45, 2.75) is 44.4 Å². The predicted octanol–water partition coefficient (Wildman–Crippen LogP) is 7.20. The number of benzene rings is 2. The summed E-state index contributed by atoms with van der Waals surface area (Å²) in [4.78, 5) is 14.9. The molecule has 30 heavy (non-hydrogen) atoms. The largest absolute Gasteiger partial charge is 0.497 e. The molecule has 1 aromatic heterocycles. The minimum absolute atomic E-state index is 0.0966. The molecule has 1 saturated carbocycles. The van der Waals surface area contributed by atoms with Crippen molar-refractivity contribution in [2.75, 3.05) is 19.6 Å². The van der Waals surface area contributed by atoms with Crippen LogP contribution in [-0.2, 0) is 0 Å². The maximum absolute atomic E-state index is 13.6. The third-order valence-electron chi connectivity index (χ3n) is 5.79. The molecule has 0 N–H and O–H groups in total. The van der Waals surface area contributed by atoms with Gasteiger partial charge in [0, 0.05) is 32.0 Å². The second kappa shape index (κ2) is 9.84. The average Bonchev–Trinajstić information content (AvgIpc) is 3.18. The number of ether oxygens (including phenoxy) is 2. The molecule has 0 saturated heterocycles. The van der Waals surface area contributed by atoms with Gasteiger partial charge in [0.25, 0.3) is 0 Å². The van der Waals surface area contributed by atoms with Crippen LogP contribution in [0.15, 0.2) is 42.5 Å². The Kier molecular flexibility index (Phi) is 6.96. The number of thiophene rings is 1. The predicted molar refractivity (Wildman–Crippen MR) is 125 cm³/mol. The highest BCUT2D eigenvalue weighted by Gasteiger charge is 2.27. The van der Waals surface area contributed by atoms with Gasteiger partial charge in [-0.1, -0.05) is 19.3 Å². The molecule has 0 bridgehead atoms. The number of hydrogen-bond acceptors (Lipinski definition) is 4. The monoisotopic (exact) mass is 442 g/mol. The summed E-state index contributed by atoms with van der Waals surface area (Å²) in [5, 5.41) is 1.04. The van der Waals surface area contributed by atoms with Crippen LogP contribution in [0.5, 0.6) is 11.5 Å². The van der Waals surface area contributed by atoms with Gasteiger partial charge in [0.15, 0.2) is 5.78 Å². The van der Waals surface area contributed by atoms with E-state index >= 15 is 0 Å². The summed E-state index contributed by atoms with van der Waals surface area (Å²) in [5.74, 6) is 2.75. The number of halogens is 1. The Balaban J connectivity index is 1.69. The van der Waals surface area contributed by atoms with E-state index in [1.54, 1.807) is 18.4 Å². The molecule has 1 aliphatic carbocycles. The summed E-state index contributed by atoms with van der Waals surface area (Å²) in [5.41, 5.74) is 1.58. The zero-order chi connectivity index (χ0) is 20.9. The third kappa shape index (κ3) is 4.50. The Hall–Kier alpha value is -2.04. The SMILES string of the molecule is COc1ccc2c(C(=O)c3ccc(OCCCCl)cc3)c(C3CCCCC3)sc2c1. The van der Waals surface area contributed by atoms with Gasteiger partial charge in [-0.25, -0.2) is 0 Å². The topological polar surface area (TPSA) is 35.5 Å². The molecule has 0 unspecified atom stereocenters. The normalized spacial score (nSPS) is 14.7. The van der Waals surface area contributed by atoms with Gasteiger partial charge in [-0.2, -0.15) is 0 Å². The van der Waals surface area contributed by atoms with Crippen molar-refractivity contribution in [3.05, 3.63) is 58.5 Å². The maximum Gasteiger partial charge on any atom is 0.194 e. The van der Waals surface area contributed by atoms with E-state index in [4.69, 9.17) is 21.1 Å². The Morgan fingerprint density at radius 2 is 1.80 bits per heavy atom. The van der Waals surface area contributed by atoms with E-state index in [2.05, 4.69) is 6.07 Å². The van der Waals surface area contributed by atoms with E-state index in [-0.39, 0.29) is 5.78 Å². The number of carbonyl (C=O) groups is 1. The first-order chi connectivity index (χ1) is 14.7. The molecule has 0 amide bonds. The molecule has 3 nitrogen and oxygen atoms in total.